The van der Waals surface area contributed by atoms with E-state index in [2.05, 4.69) is 15.1 Å². The van der Waals surface area contributed by atoms with Crippen molar-refractivity contribution in [1.82, 2.24) is 24.1 Å². The average Bonchev–Trinajstić information content (AvgIpc) is 3.28. The highest BCUT2D eigenvalue weighted by Crippen LogP contribution is 2.32. The zero-order chi connectivity index (χ0) is 19.2. The minimum absolute atomic E-state index is 0.134. The van der Waals surface area contributed by atoms with Crippen molar-refractivity contribution in [3.8, 4) is 11.5 Å². The molecule has 0 spiro atoms. The molecule has 0 atom stereocenters. The van der Waals surface area contributed by atoms with Crippen LogP contribution in [0.15, 0.2) is 41.6 Å². The molecule has 1 N–H and O–H groups in total. The van der Waals surface area contributed by atoms with Gasteiger partial charge in [0.1, 0.15) is 16.4 Å². The molecule has 3 aromatic rings. The van der Waals surface area contributed by atoms with Crippen LogP contribution in [0.1, 0.15) is 31.1 Å². The second-order valence-electron chi connectivity index (χ2n) is 6.77. The first-order valence-electron chi connectivity index (χ1n) is 8.74. The molecule has 9 heteroatoms. The second kappa shape index (κ2) is 6.58. The highest BCUT2D eigenvalue weighted by Gasteiger charge is 2.34. The molecule has 0 amide bonds. The summed E-state index contributed by atoms with van der Waals surface area (Å²) in [5.41, 5.74) is 2.44. The Kier molecular flexibility index (Phi) is 4.35. The third-order valence-corrected chi connectivity index (χ3v) is 6.60. The van der Waals surface area contributed by atoms with Gasteiger partial charge in [0.15, 0.2) is 5.82 Å². The van der Waals surface area contributed by atoms with E-state index in [1.54, 1.807) is 12.4 Å². The first-order chi connectivity index (χ1) is 12.9. The lowest BCUT2D eigenvalue weighted by Gasteiger charge is -2.27. The van der Waals surface area contributed by atoms with Gasteiger partial charge in [-0.05, 0) is 26.0 Å². The van der Waals surface area contributed by atoms with Crippen molar-refractivity contribution in [3.63, 3.8) is 0 Å². The summed E-state index contributed by atoms with van der Waals surface area (Å²) in [6.07, 6.45) is 3.84. The van der Waals surface area contributed by atoms with Crippen molar-refractivity contribution in [2.75, 3.05) is 6.54 Å². The molecular formula is C18H20FN5O2S. The molecule has 142 valence electrons. The number of benzene rings is 1. The number of halogens is 1. The van der Waals surface area contributed by atoms with Crippen LogP contribution in [0, 0.1) is 5.82 Å². The van der Waals surface area contributed by atoms with E-state index < -0.39 is 15.8 Å². The molecule has 0 bridgehead atoms. The summed E-state index contributed by atoms with van der Waals surface area (Å²) >= 11 is 0. The van der Waals surface area contributed by atoms with Crippen LogP contribution >= 0.6 is 0 Å². The Bertz CT molecular complexity index is 1070. The Labute approximate surface area is 156 Å². The van der Waals surface area contributed by atoms with Gasteiger partial charge in [0.2, 0.25) is 10.0 Å². The van der Waals surface area contributed by atoms with Crippen molar-refractivity contribution >= 4 is 10.0 Å². The number of hydrogen-bond donors (Lipinski definition) is 1. The summed E-state index contributed by atoms with van der Waals surface area (Å²) in [5.74, 6) is -0.150. The molecule has 1 aromatic carbocycles. The van der Waals surface area contributed by atoms with Gasteiger partial charge in [-0.3, -0.25) is 4.68 Å². The highest BCUT2D eigenvalue weighted by atomic mass is 32.2. The topological polar surface area (TPSA) is 83.9 Å². The predicted molar refractivity (Wildman–Crippen MR) is 97.9 cm³/mol. The zero-order valence-corrected chi connectivity index (χ0v) is 15.9. The van der Waals surface area contributed by atoms with Crippen molar-refractivity contribution in [3.05, 3.63) is 53.7 Å². The first kappa shape index (κ1) is 17.9. The molecule has 0 saturated carbocycles. The fourth-order valence-electron chi connectivity index (χ4n) is 3.43. The van der Waals surface area contributed by atoms with Gasteiger partial charge in [0.05, 0.1) is 0 Å². The molecule has 1 aliphatic rings. The number of sulfonamides is 1. The van der Waals surface area contributed by atoms with E-state index in [-0.39, 0.29) is 24.0 Å². The number of nitrogens with one attached hydrogen (secondary N) is 1. The van der Waals surface area contributed by atoms with Gasteiger partial charge in [-0.15, -0.1) is 0 Å². The van der Waals surface area contributed by atoms with Gasteiger partial charge in [-0.2, -0.15) is 9.40 Å². The second-order valence-corrected chi connectivity index (χ2v) is 8.68. The molecule has 0 saturated heterocycles. The number of aromatic nitrogens is 4. The van der Waals surface area contributed by atoms with Crippen LogP contribution in [-0.4, -0.2) is 39.0 Å². The van der Waals surface area contributed by atoms with Gasteiger partial charge in [-0.25, -0.2) is 17.8 Å². The minimum Gasteiger partial charge on any atom is -0.343 e. The van der Waals surface area contributed by atoms with Crippen molar-refractivity contribution in [2.45, 2.75) is 37.8 Å². The standard InChI is InChI=1S/C18H20FN5O2S/c1-12(2)24-15-7-10-23(27(25,26)16-6-4-3-5-14(16)19)11-13(15)17(22-24)18-20-8-9-21-18/h3-6,8-9,12H,7,10-11H2,1-2H3,(H,20,21). The average molecular weight is 389 g/mol. The van der Waals surface area contributed by atoms with Crippen LogP contribution in [0.4, 0.5) is 4.39 Å². The number of H-pyrrole nitrogens is 1. The smallest absolute Gasteiger partial charge is 0.246 e. The van der Waals surface area contributed by atoms with E-state index in [1.165, 1.54) is 22.5 Å². The Hall–Kier alpha value is -2.52. The molecule has 27 heavy (non-hydrogen) atoms. The normalized spacial score (nSPS) is 15.3. The van der Waals surface area contributed by atoms with Crippen LogP contribution in [0.25, 0.3) is 11.5 Å². The molecule has 0 unspecified atom stereocenters. The number of hydrogen-bond acceptors (Lipinski definition) is 4. The van der Waals surface area contributed by atoms with Gasteiger partial charge < -0.3 is 4.98 Å². The quantitative estimate of drug-likeness (QED) is 0.744. The molecular weight excluding hydrogens is 369 g/mol. The molecule has 1 aliphatic heterocycles. The van der Waals surface area contributed by atoms with E-state index in [0.717, 1.165) is 17.3 Å². The van der Waals surface area contributed by atoms with E-state index in [0.29, 0.717) is 17.9 Å². The molecule has 3 heterocycles. The van der Waals surface area contributed by atoms with Gasteiger partial charge >= 0.3 is 0 Å². The van der Waals surface area contributed by atoms with Crippen molar-refractivity contribution < 1.29 is 12.8 Å². The number of aromatic amines is 1. The summed E-state index contributed by atoms with van der Waals surface area (Å²) in [4.78, 5) is 7.00. The minimum atomic E-state index is -3.94. The lowest BCUT2D eigenvalue weighted by atomic mass is 10.1. The van der Waals surface area contributed by atoms with Crippen LogP contribution in [0.5, 0.6) is 0 Å². The van der Waals surface area contributed by atoms with Gasteiger partial charge in [0.25, 0.3) is 0 Å². The Morgan fingerprint density at radius 3 is 2.70 bits per heavy atom. The largest absolute Gasteiger partial charge is 0.343 e. The van der Waals surface area contributed by atoms with Crippen molar-refractivity contribution in [2.24, 2.45) is 0 Å². The number of imidazole rings is 1. The Morgan fingerprint density at radius 1 is 1.26 bits per heavy atom. The summed E-state index contributed by atoms with van der Waals surface area (Å²) in [5, 5.41) is 4.67. The van der Waals surface area contributed by atoms with Gasteiger partial charge in [-0.1, -0.05) is 12.1 Å². The maximum atomic E-state index is 14.1. The fraction of sp³-hybridized carbons (Fsp3) is 0.333. The molecule has 0 aliphatic carbocycles. The fourth-order valence-corrected chi connectivity index (χ4v) is 4.91. The summed E-state index contributed by atoms with van der Waals surface area (Å²) < 4.78 is 43.3. The van der Waals surface area contributed by atoms with Crippen LogP contribution in [0.2, 0.25) is 0 Å². The van der Waals surface area contributed by atoms with E-state index in [1.807, 2.05) is 18.5 Å². The summed E-state index contributed by atoms with van der Waals surface area (Å²) in [6, 6.07) is 5.59. The maximum absolute atomic E-state index is 14.1. The summed E-state index contributed by atoms with van der Waals surface area (Å²) in [6.45, 7) is 4.47. The zero-order valence-electron chi connectivity index (χ0n) is 15.1. The monoisotopic (exact) mass is 389 g/mol. The third-order valence-electron chi connectivity index (χ3n) is 4.72. The molecule has 7 nitrogen and oxygen atoms in total. The van der Waals surface area contributed by atoms with Crippen molar-refractivity contribution in [1.29, 1.82) is 0 Å². The molecule has 4 rings (SSSR count). The third kappa shape index (κ3) is 2.96. The lowest BCUT2D eigenvalue weighted by molar-refractivity contribution is 0.376. The summed E-state index contributed by atoms with van der Waals surface area (Å²) in [7, 11) is -3.94. The number of fused-ring (bicyclic) bond motifs is 1. The molecule has 2 aromatic heterocycles. The number of rotatable bonds is 4. The maximum Gasteiger partial charge on any atom is 0.246 e. The van der Waals surface area contributed by atoms with E-state index in [4.69, 9.17) is 0 Å². The highest BCUT2D eigenvalue weighted by molar-refractivity contribution is 7.89. The number of nitrogens with zero attached hydrogens (tertiary/aromatic N) is 4. The van der Waals surface area contributed by atoms with Gasteiger partial charge in [0, 0.05) is 49.2 Å². The Morgan fingerprint density at radius 2 is 2.04 bits per heavy atom. The van der Waals surface area contributed by atoms with Crippen LogP contribution in [0.3, 0.4) is 0 Å². The lowest BCUT2D eigenvalue weighted by Crippen LogP contribution is -2.37. The SMILES string of the molecule is CC(C)n1nc(-c2ncc[nH]2)c2c1CCN(S(=O)(=O)c1ccccc1F)C2. The van der Waals surface area contributed by atoms with Crippen LogP contribution in [-0.2, 0) is 23.0 Å². The molecule has 0 fully saturated rings. The predicted octanol–water partition coefficient (Wildman–Crippen LogP) is 2.74. The Balaban J connectivity index is 1.78. The molecule has 0 radical (unpaired) electrons. The van der Waals surface area contributed by atoms with E-state index in [9.17, 15) is 12.8 Å². The van der Waals surface area contributed by atoms with Crippen LogP contribution < -0.4 is 0 Å². The van der Waals surface area contributed by atoms with E-state index >= 15 is 0 Å². The first-order valence-corrected chi connectivity index (χ1v) is 10.2.